The molecule has 0 aromatic heterocycles. The van der Waals surface area contributed by atoms with E-state index in [1.807, 2.05) is 12.1 Å². The number of hydrogen-bond acceptors (Lipinski definition) is 4. The van der Waals surface area contributed by atoms with Crippen LogP contribution in [0, 0.1) is 0 Å². The standard InChI is InChI=1S/C27H25NO3/c29-24(20-11-12-21-18-26(30)31-25(21)17-20)19-28-15-13-27(14-16-28,22-7-3-1-4-8-22)23-9-5-2-6-10-23/h1-12,17H,13-16,18-19H2. The minimum Gasteiger partial charge on any atom is -0.426 e. The highest BCUT2D eigenvalue weighted by Gasteiger charge is 2.38. The second-order valence-electron chi connectivity index (χ2n) is 8.49. The molecule has 0 aliphatic carbocycles. The Balaban J connectivity index is 1.31. The minimum atomic E-state index is -0.256. The van der Waals surface area contributed by atoms with Gasteiger partial charge in [-0.1, -0.05) is 72.8 Å². The van der Waals surface area contributed by atoms with Crippen LogP contribution < -0.4 is 4.74 Å². The number of Topliss-reactive ketones (excluding diaryl/α,β-unsaturated/α-hetero) is 1. The van der Waals surface area contributed by atoms with Crippen molar-refractivity contribution >= 4 is 11.8 Å². The minimum absolute atomic E-state index is 0.0240. The molecule has 4 nitrogen and oxygen atoms in total. The zero-order chi connectivity index (χ0) is 21.3. The predicted octanol–water partition coefficient (Wildman–Crippen LogP) is 4.41. The third-order valence-corrected chi connectivity index (χ3v) is 6.68. The number of fused-ring (bicyclic) bond motifs is 1. The Bertz CT molecular complexity index is 1060. The Labute approximate surface area is 182 Å². The summed E-state index contributed by atoms with van der Waals surface area (Å²) < 4.78 is 5.21. The van der Waals surface area contributed by atoms with E-state index in [9.17, 15) is 9.59 Å². The molecule has 0 amide bonds. The SMILES string of the molecule is O=C1Cc2ccc(C(=O)CN3CCC(c4ccccc4)(c4ccccc4)CC3)cc2O1. The lowest BCUT2D eigenvalue weighted by molar-refractivity contribution is -0.131. The highest BCUT2D eigenvalue weighted by molar-refractivity contribution is 5.98. The molecule has 0 N–H and O–H groups in total. The summed E-state index contributed by atoms with van der Waals surface area (Å²) in [6.07, 6.45) is 2.23. The van der Waals surface area contributed by atoms with Crippen LogP contribution in [0.4, 0.5) is 0 Å². The van der Waals surface area contributed by atoms with E-state index < -0.39 is 0 Å². The van der Waals surface area contributed by atoms with Crippen LogP contribution in [0.3, 0.4) is 0 Å². The first-order valence-corrected chi connectivity index (χ1v) is 10.8. The van der Waals surface area contributed by atoms with E-state index in [0.717, 1.165) is 31.5 Å². The van der Waals surface area contributed by atoms with E-state index in [2.05, 4.69) is 65.6 Å². The number of rotatable bonds is 5. The summed E-state index contributed by atoms with van der Waals surface area (Å²) in [7, 11) is 0. The zero-order valence-corrected chi connectivity index (χ0v) is 17.4. The first-order chi connectivity index (χ1) is 15.1. The highest BCUT2D eigenvalue weighted by Crippen LogP contribution is 2.41. The monoisotopic (exact) mass is 411 g/mol. The second-order valence-corrected chi connectivity index (χ2v) is 8.49. The normalized spacial score (nSPS) is 17.7. The van der Waals surface area contributed by atoms with Gasteiger partial charge in [-0.05, 0) is 43.1 Å². The van der Waals surface area contributed by atoms with Gasteiger partial charge in [0.05, 0.1) is 13.0 Å². The van der Waals surface area contributed by atoms with Crippen LogP contribution in [-0.2, 0) is 16.6 Å². The summed E-state index contributed by atoms with van der Waals surface area (Å²) in [6.45, 7) is 2.09. The molecule has 0 atom stereocenters. The topological polar surface area (TPSA) is 46.6 Å². The van der Waals surface area contributed by atoms with Crippen molar-refractivity contribution < 1.29 is 14.3 Å². The number of carbonyl (C=O) groups excluding carboxylic acids is 2. The fourth-order valence-electron chi connectivity index (χ4n) is 4.93. The number of ketones is 1. The molecule has 1 fully saturated rings. The van der Waals surface area contributed by atoms with Crippen molar-refractivity contribution in [3.8, 4) is 5.75 Å². The van der Waals surface area contributed by atoms with Crippen LogP contribution in [0.15, 0.2) is 78.9 Å². The summed E-state index contributed by atoms with van der Waals surface area (Å²) in [5, 5.41) is 0. The molecule has 31 heavy (non-hydrogen) atoms. The Morgan fingerprint density at radius 2 is 1.48 bits per heavy atom. The third-order valence-electron chi connectivity index (χ3n) is 6.68. The van der Waals surface area contributed by atoms with Gasteiger partial charge in [0, 0.05) is 16.5 Å². The van der Waals surface area contributed by atoms with Crippen LogP contribution in [0.5, 0.6) is 5.75 Å². The molecule has 2 aliphatic heterocycles. The van der Waals surface area contributed by atoms with Gasteiger partial charge in [-0.25, -0.2) is 0 Å². The molecule has 0 saturated carbocycles. The number of esters is 1. The molecule has 156 valence electrons. The lowest BCUT2D eigenvalue weighted by Crippen LogP contribution is -2.45. The lowest BCUT2D eigenvalue weighted by Gasteiger charge is -2.42. The Morgan fingerprint density at radius 1 is 0.871 bits per heavy atom. The van der Waals surface area contributed by atoms with E-state index >= 15 is 0 Å². The van der Waals surface area contributed by atoms with Crippen LogP contribution in [0.25, 0.3) is 0 Å². The molecule has 2 heterocycles. The molecular weight excluding hydrogens is 386 g/mol. The van der Waals surface area contributed by atoms with Crippen molar-refractivity contribution in [2.45, 2.75) is 24.7 Å². The molecule has 2 aliphatic rings. The van der Waals surface area contributed by atoms with Crippen LogP contribution >= 0.6 is 0 Å². The molecule has 5 rings (SSSR count). The van der Waals surface area contributed by atoms with Crippen molar-refractivity contribution in [1.29, 1.82) is 0 Å². The van der Waals surface area contributed by atoms with Gasteiger partial charge in [0.25, 0.3) is 0 Å². The van der Waals surface area contributed by atoms with E-state index in [0.29, 0.717) is 17.9 Å². The third kappa shape index (κ3) is 3.79. The number of nitrogens with zero attached hydrogens (tertiary/aromatic N) is 1. The fourth-order valence-corrected chi connectivity index (χ4v) is 4.93. The van der Waals surface area contributed by atoms with E-state index in [4.69, 9.17) is 4.74 Å². The number of likely N-dealkylation sites (tertiary alicyclic amines) is 1. The first kappa shape index (κ1) is 19.7. The van der Waals surface area contributed by atoms with Gasteiger partial charge in [0.2, 0.25) is 0 Å². The molecule has 0 unspecified atom stereocenters. The molecular formula is C27H25NO3. The summed E-state index contributed by atoms with van der Waals surface area (Å²) in [6, 6.07) is 26.8. The number of ether oxygens (including phenoxy) is 1. The van der Waals surface area contributed by atoms with Crippen molar-refractivity contribution in [3.05, 3.63) is 101 Å². The van der Waals surface area contributed by atoms with Gasteiger partial charge >= 0.3 is 5.97 Å². The average Bonchev–Trinajstić information content (AvgIpc) is 3.20. The molecule has 0 bridgehead atoms. The maximum absolute atomic E-state index is 12.9. The summed E-state index contributed by atoms with van der Waals surface area (Å²) in [4.78, 5) is 26.6. The van der Waals surface area contributed by atoms with Gasteiger partial charge in [-0.15, -0.1) is 0 Å². The first-order valence-electron chi connectivity index (χ1n) is 10.8. The fraction of sp³-hybridized carbons (Fsp3) is 0.259. The Morgan fingerprint density at radius 3 is 2.10 bits per heavy atom. The van der Waals surface area contributed by atoms with Crippen LogP contribution in [-0.4, -0.2) is 36.3 Å². The largest absolute Gasteiger partial charge is 0.426 e. The van der Waals surface area contributed by atoms with E-state index in [1.54, 1.807) is 6.07 Å². The number of carbonyl (C=O) groups is 2. The molecule has 3 aromatic rings. The smallest absolute Gasteiger partial charge is 0.315 e. The Kier molecular flexibility index (Phi) is 5.16. The average molecular weight is 412 g/mol. The molecule has 0 radical (unpaired) electrons. The molecule has 4 heteroatoms. The summed E-state index contributed by atoms with van der Waals surface area (Å²) in [5.41, 5.74) is 4.12. The van der Waals surface area contributed by atoms with Gasteiger partial charge in [-0.3, -0.25) is 14.5 Å². The van der Waals surface area contributed by atoms with E-state index in [-0.39, 0.29) is 23.6 Å². The van der Waals surface area contributed by atoms with Gasteiger partial charge in [-0.2, -0.15) is 0 Å². The maximum atomic E-state index is 12.9. The summed E-state index contributed by atoms with van der Waals surface area (Å²) >= 11 is 0. The number of benzene rings is 3. The maximum Gasteiger partial charge on any atom is 0.315 e. The number of piperidine rings is 1. The van der Waals surface area contributed by atoms with Gasteiger partial charge < -0.3 is 4.74 Å². The second kappa shape index (κ2) is 8.12. The Hall–Kier alpha value is -3.24. The predicted molar refractivity (Wildman–Crippen MR) is 119 cm³/mol. The molecule has 3 aromatic carbocycles. The lowest BCUT2D eigenvalue weighted by atomic mass is 9.68. The highest BCUT2D eigenvalue weighted by atomic mass is 16.5. The molecule has 1 saturated heterocycles. The number of hydrogen-bond donors (Lipinski definition) is 0. The van der Waals surface area contributed by atoms with Crippen LogP contribution in [0.2, 0.25) is 0 Å². The van der Waals surface area contributed by atoms with Crippen LogP contribution in [0.1, 0.15) is 39.9 Å². The zero-order valence-electron chi connectivity index (χ0n) is 17.4. The van der Waals surface area contributed by atoms with Crippen molar-refractivity contribution in [2.24, 2.45) is 0 Å². The van der Waals surface area contributed by atoms with Crippen molar-refractivity contribution in [2.75, 3.05) is 19.6 Å². The summed E-state index contributed by atoms with van der Waals surface area (Å²) in [5.74, 6) is 0.341. The van der Waals surface area contributed by atoms with Crippen molar-refractivity contribution in [3.63, 3.8) is 0 Å². The van der Waals surface area contributed by atoms with Gasteiger partial charge in [0.1, 0.15) is 5.75 Å². The van der Waals surface area contributed by atoms with Gasteiger partial charge in [0.15, 0.2) is 5.78 Å². The van der Waals surface area contributed by atoms with Crippen molar-refractivity contribution in [1.82, 2.24) is 4.90 Å². The van der Waals surface area contributed by atoms with E-state index in [1.165, 1.54) is 11.1 Å². The quantitative estimate of drug-likeness (QED) is 0.354. The molecule has 0 spiro atoms.